The van der Waals surface area contributed by atoms with Gasteiger partial charge in [-0.3, -0.25) is 4.79 Å². The Labute approximate surface area is 119 Å². The van der Waals surface area contributed by atoms with E-state index in [1.54, 1.807) is 0 Å². The number of carbonyl (C=O) groups excluding carboxylic acids is 1. The zero-order valence-electron chi connectivity index (χ0n) is 11.9. The van der Waals surface area contributed by atoms with Crippen LogP contribution in [-0.4, -0.2) is 25.7 Å². The first-order valence-corrected chi connectivity index (χ1v) is 7.48. The van der Waals surface area contributed by atoms with E-state index in [0.717, 1.165) is 25.1 Å². The lowest BCUT2D eigenvalue weighted by atomic mass is 9.94. The first-order valence-electron chi connectivity index (χ1n) is 7.48. The molecule has 3 rings (SSSR count). The van der Waals surface area contributed by atoms with E-state index in [1.807, 2.05) is 13.1 Å². The Morgan fingerprint density at radius 2 is 2.35 bits per heavy atom. The first-order chi connectivity index (χ1) is 9.76. The highest BCUT2D eigenvalue weighted by molar-refractivity contribution is 5.93. The summed E-state index contributed by atoms with van der Waals surface area (Å²) in [7, 11) is 2.00. The Hall–Kier alpha value is -1.39. The van der Waals surface area contributed by atoms with E-state index in [0.29, 0.717) is 18.6 Å². The van der Waals surface area contributed by atoms with Gasteiger partial charge in [-0.25, -0.2) is 0 Å². The van der Waals surface area contributed by atoms with Crippen LogP contribution in [0.5, 0.6) is 0 Å². The molecule has 1 saturated heterocycles. The zero-order valence-corrected chi connectivity index (χ0v) is 11.9. The molecule has 2 unspecified atom stereocenters. The Kier molecular flexibility index (Phi) is 4.03. The molecule has 2 heterocycles. The van der Waals surface area contributed by atoms with Crippen LogP contribution >= 0.6 is 0 Å². The smallest absolute Gasteiger partial charge is 0.224 e. The van der Waals surface area contributed by atoms with E-state index >= 15 is 0 Å². The monoisotopic (exact) mass is 274 g/mol. The molecular weight excluding hydrogens is 252 g/mol. The van der Waals surface area contributed by atoms with Gasteiger partial charge in [0.2, 0.25) is 5.91 Å². The van der Waals surface area contributed by atoms with Gasteiger partial charge in [0, 0.05) is 24.8 Å². The van der Waals surface area contributed by atoms with Gasteiger partial charge < -0.3 is 15.4 Å². The van der Waals surface area contributed by atoms with Crippen molar-refractivity contribution in [2.45, 2.75) is 44.2 Å². The fourth-order valence-electron chi connectivity index (χ4n) is 3.13. The number of ether oxygens (including phenoxy) is 1. The summed E-state index contributed by atoms with van der Waals surface area (Å²) in [6.07, 6.45) is 5.17. The first kappa shape index (κ1) is 13.6. The minimum atomic E-state index is 0.120. The summed E-state index contributed by atoms with van der Waals surface area (Å²) in [6.45, 7) is 0.900. The van der Waals surface area contributed by atoms with E-state index in [-0.39, 0.29) is 5.91 Å². The summed E-state index contributed by atoms with van der Waals surface area (Å²) in [5.41, 5.74) is 3.50. The van der Waals surface area contributed by atoms with E-state index < -0.39 is 0 Å². The van der Waals surface area contributed by atoms with Crippen molar-refractivity contribution in [1.82, 2.24) is 5.32 Å². The summed E-state index contributed by atoms with van der Waals surface area (Å²) >= 11 is 0. The summed E-state index contributed by atoms with van der Waals surface area (Å²) in [5, 5.41) is 6.33. The van der Waals surface area contributed by atoms with Gasteiger partial charge in [-0.2, -0.15) is 0 Å². The van der Waals surface area contributed by atoms with Gasteiger partial charge in [0.05, 0.1) is 6.10 Å². The molecule has 0 saturated carbocycles. The molecule has 2 atom stereocenters. The topological polar surface area (TPSA) is 50.4 Å². The van der Waals surface area contributed by atoms with Crippen LogP contribution in [0.15, 0.2) is 18.2 Å². The van der Waals surface area contributed by atoms with Crippen molar-refractivity contribution in [3.63, 3.8) is 0 Å². The van der Waals surface area contributed by atoms with E-state index in [1.165, 1.54) is 24.0 Å². The molecule has 2 aliphatic heterocycles. The molecule has 1 aromatic carbocycles. The number of benzene rings is 1. The maximum atomic E-state index is 11.4. The quantitative estimate of drug-likeness (QED) is 0.886. The molecule has 1 amide bonds. The van der Waals surface area contributed by atoms with Crippen LogP contribution < -0.4 is 10.6 Å². The van der Waals surface area contributed by atoms with Gasteiger partial charge in [0.15, 0.2) is 0 Å². The fraction of sp³-hybridized carbons (Fsp3) is 0.562. The molecule has 1 aromatic rings. The highest BCUT2D eigenvalue weighted by atomic mass is 16.5. The van der Waals surface area contributed by atoms with Gasteiger partial charge in [-0.1, -0.05) is 12.1 Å². The van der Waals surface area contributed by atoms with Gasteiger partial charge in [0.25, 0.3) is 0 Å². The molecule has 4 heteroatoms. The predicted octanol–water partition coefficient (Wildman–Crippen LogP) is 2.40. The third kappa shape index (κ3) is 2.86. The van der Waals surface area contributed by atoms with Crippen LogP contribution in [0.25, 0.3) is 0 Å². The molecule has 0 radical (unpaired) electrons. The summed E-state index contributed by atoms with van der Waals surface area (Å²) in [6, 6.07) is 6.69. The Bertz CT molecular complexity index is 495. The minimum Gasteiger partial charge on any atom is -0.378 e. The van der Waals surface area contributed by atoms with Crippen molar-refractivity contribution in [3.8, 4) is 0 Å². The number of anilines is 1. The maximum Gasteiger partial charge on any atom is 0.224 e. The highest BCUT2D eigenvalue weighted by Gasteiger charge is 2.22. The molecule has 108 valence electrons. The van der Waals surface area contributed by atoms with Crippen LogP contribution in [0.2, 0.25) is 0 Å². The van der Waals surface area contributed by atoms with Crippen molar-refractivity contribution in [1.29, 1.82) is 0 Å². The van der Waals surface area contributed by atoms with Crippen molar-refractivity contribution in [2.75, 3.05) is 19.0 Å². The van der Waals surface area contributed by atoms with Gasteiger partial charge in [-0.05, 0) is 49.9 Å². The van der Waals surface area contributed by atoms with Crippen LogP contribution in [-0.2, 0) is 16.0 Å². The largest absolute Gasteiger partial charge is 0.378 e. The second-order valence-corrected chi connectivity index (χ2v) is 5.68. The normalized spacial score (nSPS) is 23.2. The molecule has 0 aliphatic carbocycles. The van der Waals surface area contributed by atoms with Crippen molar-refractivity contribution < 1.29 is 9.53 Å². The van der Waals surface area contributed by atoms with Crippen LogP contribution in [0.3, 0.4) is 0 Å². The number of fused-ring (bicyclic) bond motifs is 1. The standard InChI is InChI=1S/C16H22N2O2/c1-17-15(10-13-3-2-8-20-13)12-4-6-14-11(9-12)5-7-16(19)18-14/h4,6,9,13,15,17H,2-3,5,7-8,10H2,1H3,(H,18,19). The van der Waals surface area contributed by atoms with E-state index in [2.05, 4.69) is 22.8 Å². The maximum absolute atomic E-state index is 11.4. The molecule has 2 N–H and O–H groups in total. The number of amides is 1. The molecule has 0 spiro atoms. The average Bonchev–Trinajstić information content (AvgIpc) is 2.97. The fourth-order valence-corrected chi connectivity index (χ4v) is 3.13. The zero-order chi connectivity index (χ0) is 13.9. The van der Waals surface area contributed by atoms with Crippen LogP contribution in [0.1, 0.15) is 42.9 Å². The Balaban J connectivity index is 1.76. The third-order valence-electron chi connectivity index (χ3n) is 4.30. The number of carbonyl (C=O) groups is 1. The van der Waals surface area contributed by atoms with Gasteiger partial charge in [0.1, 0.15) is 0 Å². The van der Waals surface area contributed by atoms with Crippen molar-refractivity contribution >= 4 is 11.6 Å². The minimum absolute atomic E-state index is 0.120. The SMILES string of the molecule is CNC(CC1CCCO1)c1ccc2c(c1)CCC(=O)N2. The third-order valence-corrected chi connectivity index (χ3v) is 4.30. The summed E-state index contributed by atoms with van der Waals surface area (Å²) in [4.78, 5) is 11.4. The molecule has 0 bridgehead atoms. The summed E-state index contributed by atoms with van der Waals surface area (Å²) in [5.74, 6) is 0.120. The molecule has 2 aliphatic rings. The van der Waals surface area contributed by atoms with Crippen LogP contribution in [0, 0.1) is 0 Å². The Morgan fingerprint density at radius 1 is 1.45 bits per heavy atom. The second-order valence-electron chi connectivity index (χ2n) is 5.68. The molecule has 4 nitrogen and oxygen atoms in total. The van der Waals surface area contributed by atoms with E-state index in [9.17, 15) is 4.79 Å². The Morgan fingerprint density at radius 3 is 3.10 bits per heavy atom. The molecule has 1 fully saturated rings. The van der Waals surface area contributed by atoms with Gasteiger partial charge in [-0.15, -0.1) is 0 Å². The molecular formula is C16H22N2O2. The number of aryl methyl sites for hydroxylation is 1. The van der Waals surface area contributed by atoms with Crippen molar-refractivity contribution in [3.05, 3.63) is 29.3 Å². The number of hydrogen-bond acceptors (Lipinski definition) is 3. The second kappa shape index (κ2) is 5.94. The van der Waals surface area contributed by atoms with Gasteiger partial charge >= 0.3 is 0 Å². The lowest BCUT2D eigenvalue weighted by Gasteiger charge is -2.23. The number of hydrogen-bond donors (Lipinski definition) is 2. The van der Waals surface area contributed by atoms with Crippen LogP contribution in [0.4, 0.5) is 5.69 Å². The lowest BCUT2D eigenvalue weighted by Crippen LogP contribution is -2.23. The van der Waals surface area contributed by atoms with Crippen molar-refractivity contribution in [2.24, 2.45) is 0 Å². The van der Waals surface area contributed by atoms with E-state index in [4.69, 9.17) is 4.74 Å². The highest BCUT2D eigenvalue weighted by Crippen LogP contribution is 2.29. The lowest BCUT2D eigenvalue weighted by molar-refractivity contribution is -0.116. The number of nitrogens with one attached hydrogen (secondary N) is 2. The summed E-state index contributed by atoms with van der Waals surface area (Å²) < 4.78 is 5.74. The predicted molar refractivity (Wildman–Crippen MR) is 78.8 cm³/mol. The molecule has 20 heavy (non-hydrogen) atoms. The number of rotatable bonds is 4. The average molecular weight is 274 g/mol. The molecule has 0 aromatic heterocycles.